The lowest BCUT2D eigenvalue weighted by Gasteiger charge is -2.26. The van der Waals surface area contributed by atoms with Crippen molar-refractivity contribution in [1.82, 2.24) is 28.7 Å². The summed E-state index contributed by atoms with van der Waals surface area (Å²) in [7, 11) is 1.61. The van der Waals surface area contributed by atoms with Gasteiger partial charge in [-0.3, -0.25) is 13.7 Å². The maximum Gasteiger partial charge on any atom is 0.331 e. The van der Waals surface area contributed by atoms with Crippen molar-refractivity contribution in [3.8, 4) is 11.7 Å². The number of benzene rings is 2. The molecular weight excluding hydrogens is 446 g/mol. The van der Waals surface area contributed by atoms with Crippen LogP contribution >= 0.6 is 0 Å². The second-order valence-corrected chi connectivity index (χ2v) is 8.27. The van der Waals surface area contributed by atoms with Crippen LogP contribution in [0.15, 0.2) is 59.8 Å². The molecule has 2 aromatic carbocycles. The fourth-order valence-corrected chi connectivity index (χ4v) is 4.66. The summed E-state index contributed by atoms with van der Waals surface area (Å²) < 4.78 is 16.2. The Balaban J connectivity index is 1.58. The molecule has 0 saturated heterocycles. The number of aromatic nitrogens is 6. The van der Waals surface area contributed by atoms with Crippen molar-refractivity contribution >= 4 is 27.9 Å². The average molecular weight is 467 g/mol. The van der Waals surface area contributed by atoms with Gasteiger partial charge >= 0.3 is 5.69 Å². The van der Waals surface area contributed by atoms with E-state index in [2.05, 4.69) is 14.8 Å². The van der Waals surface area contributed by atoms with E-state index in [0.29, 0.717) is 49.0 Å². The van der Waals surface area contributed by atoms with Crippen molar-refractivity contribution < 1.29 is 9.47 Å². The van der Waals surface area contributed by atoms with Crippen LogP contribution in [-0.4, -0.2) is 49.0 Å². The molecule has 0 saturated carbocycles. The normalized spacial score (nSPS) is 15.1. The number of methoxy groups -OCH3 is 1. The molecule has 0 spiro atoms. The van der Waals surface area contributed by atoms with Crippen LogP contribution in [0.5, 0.6) is 5.75 Å². The number of ether oxygens (including phenoxy) is 2. The molecule has 0 radical (unpaired) electrons. The number of hydrogen-bond acceptors (Lipinski definition) is 6. The summed E-state index contributed by atoms with van der Waals surface area (Å²) in [5, 5.41) is 0. The summed E-state index contributed by atoms with van der Waals surface area (Å²) in [6.45, 7) is 8.61. The maximum atomic E-state index is 13.7. The van der Waals surface area contributed by atoms with E-state index in [1.165, 1.54) is 0 Å². The third kappa shape index (κ3) is 3.36. The highest BCUT2D eigenvalue weighted by molar-refractivity contribution is 5.81. The van der Waals surface area contributed by atoms with Gasteiger partial charge < -0.3 is 9.47 Å². The van der Waals surface area contributed by atoms with E-state index in [-0.39, 0.29) is 11.7 Å². The number of rotatable bonds is 5. The predicted molar refractivity (Wildman–Crippen MR) is 129 cm³/mol. The van der Waals surface area contributed by atoms with Crippen LogP contribution in [0, 0.1) is 6.57 Å². The van der Waals surface area contributed by atoms with Crippen LogP contribution in [0.2, 0.25) is 0 Å². The number of imidazole rings is 2. The van der Waals surface area contributed by atoms with Crippen molar-refractivity contribution in [3.63, 3.8) is 0 Å². The zero-order chi connectivity index (χ0) is 23.9. The van der Waals surface area contributed by atoms with Gasteiger partial charge in [-0.25, -0.2) is 19.6 Å². The van der Waals surface area contributed by atoms with E-state index < -0.39 is 0 Å². The van der Waals surface area contributed by atoms with Crippen molar-refractivity contribution in [1.29, 1.82) is 0 Å². The zero-order valence-corrected chi connectivity index (χ0v) is 19.0. The molecular formula is C25H21N7O3. The minimum absolute atomic E-state index is 0.170. The summed E-state index contributed by atoms with van der Waals surface area (Å²) >= 11 is 0. The van der Waals surface area contributed by atoms with Gasteiger partial charge in [-0.2, -0.15) is 4.98 Å². The molecule has 1 aliphatic heterocycles. The Morgan fingerprint density at radius 3 is 2.94 bits per heavy atom. The fraction of sp³-hybridized carbons (Fsp3) is 0.240. The summed E-state index contributed by atoms with van der Waals surface area (Å²) in [5.41, 5.74) is 3.89. The summed E-state index contributed by atoms with van der Waals surface area (Å²) in [6.07, 6.45) is 3.94. The number of nitrogens with zero attached hydrogens (tertiary/aromatic N) is 7. The van der Waals surface area contributed by atoms with Gasteiger partial charge in [-0.05, 0) is 18.2 Å². The Morgan fingerprint density at radius 2 is 2.09 bits per heavy atom. The van der Waals surface area contributed by atoms with Crippen LogP contribution < -0.4 is 10.4 Å². The Morgan fingerprint density at radius 1 is 1.20 bits per heavy atom. The minimum atomic E-state index is -0.227. The van der Waals surface area contributed by atoms with E-state index in [0.717, 1.165) is 22.3 Å². The van der Waals surface area contributed by atoms with Crippen molar-refractivity contribution in [2.24, 2.45) is 0 Å². The molecule has 5 aromatic rings. The number of fused-ring (bicyclic) bond motifs is 3. The van der Waals surface area contributed by atoms with Crippen molar-refractivity contribution in [3.05, 3.63) is 82.5 Å². The molecule has 1 atom stereocenters. The van der Waals surface area contributed by atoms with Gasteiger partial charge in [0.2, 0.25) is 5.95 Å². The lowest BCUT2D eigenvalue weighted by atomic mass is 10.0. The molecule has 1 unspecified atom stereocenters. The highest BCUT2D eigenvalue weighted by Crippen LogP contribution is 2.35. The van der Waals surface area contributed by atoms with E-state index in [9.17, 15) is 4.79 Å². The topological polar surface area (TPSA) is 93.4 Å². The molecule has 0 bridgehead atoms. The summed E-state index contributed by atoms with van der Waals surface area (Å²) in [5.74, 6) is 1.15. The second-order valence-electron chi connectivity index (χ2n) is 8.27. The van der Waals surface area contributed by atoms with Gasteiger partial charge in [0.25, 0.3) is 0 Å². The van der Waals surface area contributed by atoms with Crippen molar-refractivity contribution in [2.45, 2.75) is 19.0 Å². The third-order valence-corrected chi connectivity index (χ3v) is 6.33. The second kappa shape index (κ2) is 8.38. The van der Waals surface area contributed by atoms with E-state index in [1.807, 2.05) is 24.3 Å². The van der Waals surface area contributed by atoms with Crippen LogP contribution in [0.4, 0.5) is 5.69 Å². The average Bonchev–Trinajstić information content (AvgIpc) is 3.44. The maximum absolute atomic E-state index is 13.7. The molecule has 0 aliphatic carbocycles. The Kier molecular flexibility index (Phi) is 5.04. The molecule has 10 heteroatoms. The molecule has 0 amide bonds. The minimum Gasteiger partial charge on any atom is -0.493 e. The molecule has 0 fully saturated rings. The fourth-order valence-electron chi connectivity index (χ4n) is 4.66. The monoisotopic (exact) mass is 467 g/mol. The van der Waals surface area contributed by atoms with Gasteiger partial charge in [0.1, 0.15) is 17.6 Å². The van der Waals surface area contributed by atoms with Crippen molar-refractivity contribution in [2.75, 3.05) is 20.3 Å². The number of para-hydroxylation sites is 1. The van der Waals surface area contributed by atoms with E-state index in [1.54, 1.807) is 51.5 Å². The Bertz CT molecular complexity index is 1670. The highest BCUT2D eigenvalue weighted by atomic mass is 16.5. The first kappa shape index (κ1) is 21.1. The van der Waals surface area contributed by atoms with Gasteiger partial charge in [-0.1, -0.05) is 24.3 Å². The standard InChI is InChI=1S/C25H21N7O3/c1-26-16-7-8-18-20(13-16)31(15-28-18)24-27-14-21-23(29-24)32(25(33)30(21)10-12-34-2)19-9-11-35-22-6-4-3-5-17(19)22/h3-8,13-15,19H,9-12H2,2H3. The smallest absolute Gasteiger partial charge is 0.331 e. The quantitative estimate of drug-likeness (QED) is 0.367. The van der Waals surface area contributed by atoms with Gasteiger partial charge in [0, 0.05) is 19.1 Å². The summed E-state index contributed by atoms with van der Waals surface area (Å²) in [6, 6.07) is 12.8. The largest absolute Gasteiger partial charge is 0.493 e. The van der Waals surface area contributed by atoms with Gasteiger partial charge in [-0.15, -0.1) is 0 Å². The third-order valence-electron chi connectivity index (χ3n) is 6.33. The molecule has 3 aromatic heterocycles. The SMILES string of the molecule is [C-]#[N+]c1ccc2ncn(-c3ncc4c(n3)n(C3CCOc5ccccc53)c(=O)n4CCOC)c2c1. The number of hydrogen-bond donors (Lipinski definition) is 0. The van der Waals surface area contributed by atoms with Crippen LogP contribution in [-0.2, 0) is 11.3 Å². The van der Waals surface area contributed by atoms with Crippen LogP contribution in [0.3, 0.4) is 0 Å². The molecule has 4 heterocycles. The molecule has 6 rings (SSSR count). The summed E-state index contributed by atoms with van der Waals surface area (Å²) in [4.78, 5) is 31.1. The first-order chi connectivity index (χ1) is 17.2. The first-order valence-corrected chi connectivity index (χ1v) is 11.2. The zero-order valence-electron chi connectivity index (χ0n) is 19.0. The van der Waals surface area contributed by atoms with Gasteiger partial charge in [0.05, 0.1) is 49.6 Å². The van der Waals surface area contributed by atoms with E-state index >= 15 is 0 Å². The molecule has 35 heavy (non-hydrogen) atoms. The highest BCUT2D eigenvalue weighted by Gasteiger charge is 2.28. The van der Waals surface area contributed by atoms with E-state index in [4.69, 9.17) is 21.0 Å². The predicted octanol–water partition coefficient (Wildman–Crippen LogP) is 3.50. The first-order valence-electron chi connectivity index (χ1n) is 11.2. The Hall–Kier alpha value is -4.49. The Labute approximate surface area is 199 Å². The lowest BCUT2D eigenvalue weighted by Crippen LogP contribution is -2.31. The molecule has 10 nitrogen and oxygen atoms in total. The lowest BCUT2D eigenvalue weighted by molar-refractivity contribution is 0.186. The molecule has 1 aliphatic rings. The van der Waals surface area contributed by atoms with Gasteiger partial charge in [0.15, 0.2) is 11.3 Å². The van der Waals surface area contributed by atoms with Crippen LogP contribution in [0.25, 0.3) is 33.0 Å². The van der Waals surface area contributed by atoms with Crippen LogP contribution in [0.1, 0.15) is 18.0 Å². The molecule has 0 N–H and O–H groups in total. The molecule has 174 valence electrons.